The predicted molar refractivity (Wildman–Crippen MR) is 41.2 cm³/mol. The lowest BCUT2D eigenvalue weighted by Crippen LogP contribution is -2.23. The second-order valence-electron chi connectivity index (χ2n) is 2.01. The molecule has 4 heteroatoms. The molecule has 62 valence electrons. The van der Waals surface area contributed by atoms with Crippen LogP contribution in [0.3, 0.4) is 0 Å². The smallest absolute Gasteiger partial charge is 0.290 e. The van der Waals surface area contributed by atoms with E-state index < -0.39 is 0 Å². The van der Waals surface area contributed by atoms with E-state index in [1.165, 1.54) is 0 Å². The molecule has 0 rings (SSSR count). The SMILES string of the molecule is CNCCN(C)C.O=CO. The summed E-state index contributed by atoms with van der Waals surface area (Å²) in [6, 6.07) is 0. The molecular weight excluding hydrogens is 132 g/mol. The van der Waals surface area contributed by atoms with Crippen LogP contribution in [-0.4, -0.2) is 50.7 Å². The lowest BCUT2D eigenvalue weighted by Gasteiger charge is -2.06. The fourth-order valence-electron chi connectivity index (χ4n) is 0.335. The molecule has 0 saturated carbocycles. The Morgan fingerprint density at radius 3 is 2.10 bits per heavy atom. The fourth-order valence-corrected chi connectivity index (χ4v) is 0.335. The summed E-state index contributed by atoms with van der Waals surface area (Å²) in [5, 5.41) is 9.95. The van der Waals surface area contributed by atoms with Crippen molar-refractivity contribution in [2.24, 2.45) is 0 Å². The first kappa shape index (κ1) is 12.1. The van der Waals surface area contributed by atoms with Gasteiger partial charge in [0.25, 0.3) is 6.47 Å². The molecule has 0 aromatic carbocycles. The normalized spacial score (nSPS) is 8.40. The Hall–Kier alpha value is -0.610. The number of carboxylic acid groups (broad SMARTS) is 1. The van der Waals surface area contributed by atoms with Gasteiger partial charge in [-0.1, -0.05) is 0 Å². The molecule has 0 heterocycles. The third kappa shape index (κ3) is 26.3. The standard InChI is InChI=1S/C5H14N2.CH2O2/c1-6-4-5-7(2)3;2-1-3/h6H,4-5H2,1-3H3;1H,(H,2,3). The van der Waals surface area contributed by atoms with Gasteiger partial charge in [-0.3, -0.25) is 4.79 Å². The van der Waals surface area contributed by atoms with Crippen LogP contribution in [0.4, 0.5) is 0 Å². The van der Waals surface area contributed by atoms with Crippen LogP contribution in [0.1, 0.15) is 0 Å². The maximum atomic E-state index is 8.36. The first-order valence-corrected chi connectivity index (χ1v) is 3.06. The molecule has 0 amide bonds. The van der Waals surface area contributed by atoms with Gasteiger partial charge >= 0.3 is 0 Å². The Labute approximate surface area is 61.8 Å². The zero-order valence-electron chi connectivity index (χ0n) is 6.79. The number of nitrogens with one attached hydrogen (secondary N) is 1. The van der Waals surface area contributed by atoms with E-state index >= 15 is 0 Å². The molecular formula is C6H16N2O2. The highest BCUT2D eigenvalue weighted by Gasteiger charge is 1.82. The van der Waals surface area contributed by atoms with Crippen LogP contribution in [0.15, 0.2) is 0 Å². The predicted octanol–water partition coefficient (Wildman–Crippen LogP) is -0.532. The first-order chi connectivity index (χ1) is 4.68. The third-order valence-electron chi connectivity index (χ3n) is 0.809. The van der Waals surface area contributed by atoms with Gasteiger partial charge in [-0.2, -0.15) is 0 Å². The maximum absolute atomic E-state index is 8.36. The molecule has 0 aliphatic heterocycles. The molecule has 0 aromatic rings. The molecule has 0 aliphatic rings. The van der Waals surface area contributed by atoms with Crippen LogP contribution in [0, 0.1) is 0 Å². The lowest BCUT2D eigenvalue weighted by atomic mass is 10.6. The van der Waals surface area contributed by atoms with Crippen LogP contribution >= 0.6 is 0 Å². The summed E-state index contributed by atoms with van der Waals surface area (Å²) >= 11 is 0. The van der Waals surface area contributed by atoms with Gasteiger partial charge < -0.3 is 15.3 Å². The molecule has 0 spiro atoms. The Bertz CT molecular complexity index is 66.8. The monoisotopic (exact) mass is 148 g/mol. The Morgan fingerprint density at radius 2 is 2.00 bits per heavy atom. The van der Waals surface area contributed by atoms with Crippen LogP contribution in [0.25, 0.3) is 0 Å². The van der Waals surface area contributed by atoms with Crippen molar-refractivity contribution in [1.82, 2.24) is 10.2 Å². The zero-order chi connectivity index (χ0) is 8.41. The molecule has 2 N–H and O–H groups in total. The highest BCUT2D eigenvalue weighted by molar-refractivity contribution is 5.32. The van der Waals surface area contributed by atoms with Crippen molar-refractivity contribution in [3.05, 3.63) is 0 Å². The van der Waals surface area contributed by atoms with Crippen LogP contribution < -0.4 is 5.32 Å². The van der Waals surface area contributed by atoms with Gasteiger partial charge in [-0.25, -0.2) is 0 Å². The molecule has 0 radical (unpaired) electrons. The lowest BCUT2D eigenvalue weighted by molar-refractivity contribution is -0.122. The number of nitrogens with zero attached hydrogens (tertiary/aromatic N) is 1. The molecule has 0 aliphatic carbocycles. The molecule has 0 aromatic heterocycles. The van der Waals surface area contributed by atoms with Gasteiger partial charge in [-0.05, 0) is 21.1 Å². The quantitative estimate of drug-likeness (QED) is 0.528. The van der Waals surface area contributed by atoms with Crippen molar-refractivity contribution in [1.29, 1.82) is 0 Å². The summed E-state index contributed by atoms with van der Waals surface area (Å²) < 4.78 is 0. The molecule has 4 nitrogen and oxygen atoms in total. The van der Waals surface area contributed by atoms with Crippen molar-refractivity contribution < 1.29 is 9.90 Å². The van der Waals surface area contributed by atoms with E-state index in [2.05, 4.69) is 24.3 Å². The summed E-state index contributed by atoms with van der Waals surface area (Å²) in [6.07, 6.45) is 0. The van der Waals surface area contributed by atoms with E-state index in [0.717, 1.165) is 13.1 Å². The minimum absolute atomic E-state index is 0.250. The van der Waals surface area contributed by atoms with E-state index in [0.29, 0.717) is 0 Å². The largest absolute Gasteiger partial charge is 0.483 e. The highest BCUT2D eigenvalue weighted by atomic mass is 16.3. The maximum Gasteiger partial charge on any atom is 0.290 e. The van der Waals surface area contributed by atoms with Crippen molar-refractivity contribution in [2.45, 2.75) is 0 Å². The van der Waals surface area contributed by atoms with E-state index in [9.17, 15) is 0 Å². The van der Waals surface area contributed by atoms with Crippen molar-refractivity contribution in [2.75, 3.05) is 34.2 Å². The topological polar surface area (TPSA) is 52.6 Å². The minimum Gasteiger partial charge on any atom is -0.483 e. The number of hydrogen-bond acceptors (Lipinski definition) is 3. The average molecular weight is 148 g/mol. The van der Waals surface area contributed by atoms with Gasteiger partial charge in [0.15, 0.2) is 0 Å². The third-order valence-corrected chi connectivity index (χ3v) is 0.809. The Kier molecular flexibility index (Phi) is 13.6. The number of carbonyl (C=O) groups is 1. The van der Waals surface area contributed by atoms with Crippen LogP contribution in [-0.2, 0) is 4.79 Å². The van der Waals surface area contributed by atoms with Crippen molar-refractivity contribution >= 4 is 6.47 Å². The summed E-state index contributed by atoms with van der Waals surface area (Å²) in [7, 11) is 6.10. The average Bonchev–Trinajstić information content (AvgIpc) is 1.85. The van der Waals surface area contributed by atoms with Crippen LogP contribution in [0.5, 0.6) is 0 Å². The molecule has 0 bridgehead atoms. The second kappa shape index (κ2) is 11.2. The summed E-state index contributed by atoms with van der Waals surface area (Å²) in [5.41, 5.74) is 0. The number of hydrogen-bond donors (Lipinski definition) is 2. The molecule has 0 unspecified atom stereocenters. The van der Waals surface area contributed by atoms with Gasteiger partial charge in [0.05, 0.1) is 0 Å². The summed E-state index contributed by atoms with van der Waals surface area (Å²) in [5.74, 6) is 0. The Balaban J connectivity index is 0. The summed E-state index contributed by atoms with van der Waals surface area (Å²) in [6.45, 7) is 1.95. The van der Waals surface area contributed by atoms with E-state index in [1.54, 1.807) is 0 Å². The number of likely N-dealkylation sites (N-methyl/N-ethyl adjacent to an activating group) is 2. The minimum atomic E-state index is -0.250. The zero-order valence-corrected chi connectivity index (χ0v) is 6.79. The van der Waals surface area contributed by atoms with E-state index in [1.807, 2.05) is 7.05 Å². The summed E-state index contributed by atoms with van der Waals surface area (Å²) in [4.78, 5) is 10.5. The second-order valence-corrected chi connectivity index (χ2v) is 2.01. The van der Waals surface area contributed by atoms with Gasteiger partial charge in [-0.15, -0.1) is 0 Å². The first-order valence-electron chi connectivity index (χ1n) is 3.06. The molecule has 10 heavy (non-hydrogen) atoms. The van der Waals surface area contributed by atoms with Gasteiger partial charge in [0, 0.05) is 13.1 Å². The van der Waals surface area contributed by atoms with Gasteiger partial charge in [0.2, 0.25) is 0 Å². The van der Waals surface area contributed by atoms with Gasteiger partial charge in [0.1, 0.15) is 0 Å². The van der Waals surface area contributed by atoms with Crippen LogP contribution in [0.2, 0.25) is 0 Å². The fraction of sp³-hybridized carbons (Fsp3) is 0.833. The highest BCUT2D eigenvalue weighted by Crippen LogP contribution is 1.66. The van der Waals surface area contributed by atoms with Crippen molar-refractivity contribution in [3.63, 3.8) is 0 Å². The van der Waals surface area contributed by atoms with Crippen molar-refractivity contribution in [3.8, 4) is 0 Å². The molecule has 0 fully saturated rings. The van der Waals surface area contributed by atoms with E-state index in [4.69, 9.17) is 9.90 Å². The molecule has 0 saturated heterocycles. The van der Waals surface area contributed by atoms with E-state index in [-0.39, 0.29) is 6.47 Å². The number of rotatable bonds is 3. The Morgan fingerprint density at radius 1 is 1.60 bits per heavy atom. The molecule has 0 atom stereocenters.